The highest BCUT2D eigenvalue weighted by Crippen LogP contribution is 2.23. The number of halogens is 1. The molecule has 2 N–H and O–H groups in total. The summed E-state index contributed by atoms with van der Waals surface area (Å²) in [5.41, 5.74) is 1.90. The van der Waals surface area contributed by atoms with Gasteiger partial charge in [-0.25, -0.2) is 0 Å². The summed E-state index contributed by atoms with van der Waals surface area (Å²) < 4.78 is 0.873. The molecule has 20 heavy (non-hydrogen) atoms. The van der Waals surface area contributed by atoms with Gasteiger partial charge in [0.1, 0.15) is 0 Å². The number of rotatable bonds is 6. The Morgan fingerprint density at radius 3 is 2.55 bits per heavy atom. The molecule has 0 bridgehead atoms. The first kappa shape index (κ1) is 17.1. The summed E-state index contributed by atoms with van der Waals surface area (Å²) in [6.07, 6.45) is -0.448. The second-order valence-electron chi connectivity index (χ2n) is 5.40. The highest BCUT2D eigenvalue weighted by molar-refractivity contribution is 9.10. The Morgan fingerprint density at radius 2 is 2.05 bits per heavy atom. The number of hydrogen-bond donors (Lipinski definition) is 2. The average molecular weight is 343 g/mol. The molecule has 0 heterocycles. The lowest BCUT2D eigenvalue weighted by molar-refractivity contribution is -0.118. The average Bonchev–Trinajstić information content (AvgIpc) is 2.31. The lowest BCUT2D eigenvalue weighted by Gasteiger charge is -2.27. The molecular formula is C15H23BrN2O2. The highest BCUT2D eigenvalue weighted by Gasteiger charge is 2.16. The van der Waals surface area contributed by atoms with Crippen LogP contribution in [0, 0.1) is 6.92 Å². The van der Waals surface area contributed by atoms with Crippen LogP contribution in [0.4, 0.5) is 5.69 Å². The molecule has 112 valence electrons. The van der Waals surface area contributed by atoms with Crippen molar-refractivity contribution in [2.24, 2.45) is 0 Å². The van der Waals surface area contributed by atoms with Crippen molar-refractivity contribution in [3.63, 3.8) is 0 Å². The van der Waals surface area contributed by atoms with Crippen molar-refractivity contribution < 1.29 is 9.90 Å². The predicted octanol–water partition coefficient (Wildman–Crippen LogP) is 2.79. The molecule has 1 rings (SSSR count). The van der Waals surface area contributed by atoms with Crippen molar-refractivity contribution in [1.82, 2.24) is 4.90 Å². The molecule has 0 aliphatic carbocycles. The molecule has 5 heteroatoms. The molecule has 0 aliphatic rings. The first-order chi connectivity index (χ1) is 9.29. The van der Waals surface area contributed by atoms with Crippen molar-refractivity contribution in [2.75, 3.05) is 18.4 Å². The van der Waals surface area contributed by atoms with E-state index >= 15 is 0 Å². The molecule has 1 amide bonds. The normalized spacial score (nSPS) is 12.8. The van der Waals surface area contributed by atoms with Gasteiger partial charge in [0.05, 0.1) is 18.3 Å². The summed E-state index contributed by atoms with van der Waals surface area (Å²) in [6, 6.07) is 6.00. The van der Waals surface area contributed by atoms with Gasteiger partial charge < -0.3 is 10.4 Å². The van der Waals surface area contributed by atoms with E-state index in [1.807, 2.05) is 43.9 Å². The molecule has 0 saturated carbocycles. The topological polar surface area (TPSA) is 52.6 Å². The second kappa shape index (κ2) is 7.76. The molecule has 0 radical (unpaired) electrons. The number of hydrogen-bond acceptors (Lipinski definition) is 3. The number of nitrogens with one attached hydrogen (secondary N) is 1. The summed E-state index contributed by atoms with van der Waals surface area (Å²) >= 11 is 3.44. The minimum atomic E-state index is -0.448. The van der Waals surface area contributed by atoms with Crippen LogP contribution in [0.15, 0.2) is 22.7 Å². The van der Waals surface area contributed by atoms with Gasteiger partial charge in [0.25, 0.3) is 0 Å². The number of amides is 1. The third-order valence-electron chi connectivity index (χ3n) is 2.97. The quantitative estimate of drug-likeness (QED) is 0.835. The molecular weight excluding hydrogens is 320 g/mol. The summed E-state index contributed by atoms with van der Waals surface area (Å²) in [5.74, 6) is -0.0797. The minimum absolute atomic E-state index is 0.0797. The fraction of sp³-hybridized carbons (Fsp3) is 0.533. The van der Waals surface area contributed by atoms with Crippen LogP contribution in [0.1, 0.15) is 26.3 Å². The minimum Gasteiger partial charge on any atom is -0.392 e. The molecule has 1 unspecified atom stereocenters. The second-order valence-corrected chi connectivity index (χ2v) is 6.26. The zero-order chi connectivity index (χ0) is 15.3. The van der Waals surface area contributed by atoms with Gasteiger partial charge >= 0.3 is 0 Å². The van der Waals surface area contributed by atoms with Gasteiger partial charge in [0.15, 0.2) is 0 Å². The van der Waals surface area contributed by atoms with E-state index in [-0.39, 0.29) is 18.5 Å². The fourth-order valence-corrected chi connectivity index (χ4v) is 2.49. The van der Waals surface area contributed by atoms with Crippen LogP contribution >= 0.6 is 15.9 Å². The number of carbonyl (C=O) groups is 1. The van der Waals surface area contributed by atoms with Crippen molar-refractivity contribution in [2.45, 2.75) is 39.8 Å². The molecule has 4 nitrogen and oxygen atoms in total. The first-order valence-electron chi connectivity index (χ1n) is 6.77. The number of benzene rings is 1. The van der Waals surface area contributed by atoms with E-state index in [0.717, 1.165) is 15.7 Å². The van der Waals surface area contributed by atoms with E-state index in [4.69, 9.17) is 0 Å². The van der Waals surface area contributed by atoms with Crippen LogP contribution in [0.3, 0.4) is 0 Å². The van der Waals surface area contributed by atoms with Gasteiger partial charge in [-0.3, -0.25) is 9.69 Å². The van der Waals surface area contributed by atoms with Crippen molar-refractivity contribution in [3.05, 3.63) is 28.2 Å². The number of aryl methyl sites for hydroxylation is 1. The van der Waals surface area contributed by atoms with Crippen LogP contribution < -0.4 is 5.32 Å². The highest BCUT2D eigenvalue weighted by atomic mass is 79.9. The molecule has 1 aromatic rings. The molecule has 0 aliphatic heterocycles. The fourth-order valence-electron chi connectivity index (χ4n) is 1.89. The third kappa shape index (κ3) is 5.61. The summed E-state index contributed by atoms with van der Waals surface area (Å²) in [4.78, 5) is 14.0. The Labute approximate surface area is 129 Å². The van der Waals surface area contributed by atoms with Crippen LogP contribution in [0.5, 0.6) is 0 Å². The Balaban J connectivity index is 2.65. The van der Waals surface area contributed by atoms with E-state index in [1.54, 1.807) is 6.92 Å². The van der Waals surface area contributed by atoms with Crippen LogP contribution in [-0.4, -0.2) is 41.1 Å². The Hall–Kier alpha value is -0.910. The molecule has 0 saturated heterocycles. The summed E-state index contributed by atoms with van der Waals surface area (Å²) in [5, 5.41) is 12.4. The maximum absolute atomic E-state index is 12.1. The summed E-state index contributed by atoms with van der Waals surface area (Å²) in [7, 11) is 0. The maximum atomic E-state index is 12.1. The standard InChI is InChI=1S/C15H23BrN2O2/c1-10(2)18(8-12(4)19)9-15(20)17-14-6-5-11(3)7-13(14)16/h5-7,10,12,19H,8-9H2,1-4H3,(H,17,20). The zero-order valence-corrected chi connectivity index (χ0v) is 14.1. The lowest BCUT2D eigenvalue weighted by atomic mass is 10.2. The van der Waals surface area contributed by atoms with Crippen molar-refractivity contribution in [3.8, 4) is 0 Å². The van der Waals surface area contributed by atoms with Gasteiger partial charge in [0.2, 0.25) is 5.91 Å². The number of nitrogens with zero attached hydrogens (tertiary/aromatic N) is 1. The van der Waals surface area contributed by atoms with E-state index in [2.05, 4.69) is 21.2 Å². The maximum Gasteiger partial charge on any atom is 0.238 e. The van der Waals surface area contributed by atoms with Crippen LogP contribution in [-0.2, 0) is 4.79 Å². The smallest absolute Gasteiger partial charge is 0.238 e. The van der Waals surface area contributed by atoms with Gasteiger partial charge in [-0.05, 0) is 61.3 Å². The number of carbonyl (C=O) groups excluding carboxylic acids is 1. The predicted molar refractivity (Wildman–Crippen MR) is 85.9 cm³/mol. The molecule has 1 aromatic carbocycles. The van der Waals surface area contributed by atoms with Crippen molar-refractivity contribution in [1.29, 1.82) is 0 Å². The molecule has 0 spiro atoms. The Bertz CT molecular complexity index is 461. The third-order valence-corrected chi connectivity index (χ3v) is 3.63. The summed E-state index contributed by atoms with van der Waals surface area (Å²) in [6.45, 7) is 8.50. The molecule has 0 fully saturated rings. The SMILES string of the molecule is Cc1ccc(NC(=O)CN(CC(C)O)C(C)C)c(Br)c1. The largest absolute Gasteiger partial charge is 0.392 e. The van der Waals surface area contributed by atoms with Gasteiger partial charge in [-0.15, -0.1) is 0 Å². The molecule has 1 atom stereocenters. The monoisotopic (exact) mass is 342 g/mol. The van der Waals surface area contributed by atoms with Crippen molar-refractivity contribution >= 4 is 27.5 Å². The van der Waals surface area contributed by atoms with Gasteiger partial charge in [-0.1, -0.05) is 6.07 Å². The van der Waals surface area contributed by atoms with E-state index < -0.39 is 6.10 Å². The van der Waals surface area contributed by atoms with E-state index in [9.17, 15) is 9.90 Å². The van der Waals surface area contributed by atoms with Gasteiger partial charge in [0, 0.05) is 17.1 Å². The Morgan fingerprint density at radius 1 is 1.40 bits per heavy atom. The van der Waals surface area contributed by atoms with E-state index in [1.165, 1.54) is 0 Å². The number of anilines is 1. The first-order valence-corrected chi connectivity index (χ1v) is 7.57. The molecule has 0 aromatic heterocycles. The van der Waals surface area contributed by atoms with E-state index in [0.29, 0.717) is 6.54 Å². The Kier molecular flexibility index (Phi) is 6.65. The number of aliphatic hydroxyl groups is 1. The van der Waals surface area contributed by atoms with Crippen LogP contribution in [0.2, 0.25) is 0 Å². The lowest BCUT2D eigenvalue weighted by Crippen LogP contribution is -2.41. The number of aliphatic hydroxyl groups excluding tert-OH is 1. The van der Waals surface area contributed by atoms with Crippen LogP contribution in [0.25, 0.3) is 0 Å². The van der Waals surface area contributed by atoms with Gasteiger partial charge in [-0.2, -0.15) is 0 Å². The zero-order valence-electron chi connectivity index (χ0n) is 12.5.